The molecule has 0 aliphatic rings. The van der Waals surface area contributed by atoms with Gasteiger partial charge in [0.1, 0.15) is 0 Å². The largest absolute Gasteiger partial charge is 0.311 e. The van der Waals surface area contributed by atoms with Crippen LogP contribution in [0.2, 0.25) is 0 Å². The highest BCUT2D eigenvalue weighted by Crippen LogP contribution is 2.10. The standard InChI is InChI=1S/C15H20N2S/c1-13(14-6-3-2-4-7-14)17-10-9-16-12-15-8-5-11-18-15/h2-8,11,13,16-17H,9-10,12H2,1H3. The Balaban J connectivity index is 1.61. The topological polar surface area (TPSA) is 24.1 Å². The van der Waals surface area contributed by atoms with Gasteiger partial charge in [-0.05, 0) is 23.9 Å². The molecule has 0 spiro atoms. The minimum Gasteiger partial charge on any atom is -0.311 e. The second-order valence-electron chi connectivity index (χ2n) is 4.34. The average molecular weight is 260 g/mol. The molecule has 18 heavy (non-hydrogen) atoms. The van der Waals surface area contributed by atoms with E-state index in [0.717, 1.165) is 19.6 Å². The van der Waals surface area contributed by atoms with E-state index in [1.165, 1.54) is 10.4 Å². The van der Waals surface area contributed by atoms with Gasteiger partial charge in [0.2, 0.25) is 0 Å². The zero-order valence-corrected chi connectivity index (χ0v) is 11.5. The molecule has 1 heterocycles. The van der Waals surface area contributed by atoms with Crippen molar-refractivity contribution in [1.82, 2.24) is 10.6 Å². The Morgan fingerprint density at radius 2 is 1.89 bits per heavy atom. The lowest BCUT2D eigenvalue weighted by Gasteiger charge is -2.14. The van der Waals surface area contributed by atoms with E-state index in [4.69, 9.17) is 0 Å². The van der Waals surface area contributed by atoms with Gasteiger partial charge in [-0.15, -0.1) is 11.3 Å². The lowest BCUT2D eigenvalue weighted by atomic mass is 10.1. The third-order valence-corrected chi connectivity index (χ3v) is 3.81. The van der Waals surface area contributed by atoms with E-state index in [-0.39, 0.29) is 0 Å². The second-order valence-corrected chi connectivity index (χ2v) is 5.37. The molecule has 1 aromatic heterocycles. The maximum absolute atomic E-state index is 3.52. The van der Waals surface area contributed by atoms with Crippen molar-refractivity contribution in [2.45, 2.75) is 19.5 Å². The molecule has 1 atom stereocenters. The summed E-state index contributed by atoms with van der Waals surface area (Å²) in [6.07, 6.45) is 0. The van der Waals surface area contributed by atoms with Crippen LogP contribution in [0.15, 0.2) is 47.8 Å². The number of hydrogen-bond donors (Lipinski definition) is 2. The fourth-order valence-electron chi connectivity index (χ4n) is 1.86. The third kappa shape index (κ3) is 4.26. The van der Waals surface area contributed by atoms with Gasteiger partial charge in [-0.3, -0.25) is 0 Å². The summed E-state index contributed by atoms with van der Waals surface area (Å²) in [7, 11) is 0. The molecule has 2 N–H and O–H groups in total. The van der Waals surface area contributed by atoms with Gasteiger partial charge in [-0.25, -0.2) is 0 Å². The van der Waals surface area contributed by atoms with E-state index in [1.54, 1.807) is 11.3 Å². The van der Waals surface area contributed by atoms with Crippen LogP contribution in [0.5, 0.6) is 0 Å². The van der Waals surface area contributed by atoms with E-state index in [9.17, 15) is 0 Å². The van der Waals surface area contributed by atoms with Gasteiger partial charge in [0.25, 0.3) is 0 Å². The summed E-state index contributed by atoms with van der Waals surface area (Å²) in [5.74, 6) is 0. The van der Waals surface area contributed by atoms with E-state index >= 15 is 0 Å². The first-order valence-corrected chi connectivity index (χ1v) is 7.25. The molecule has 0 saturated heterocycles. The quantitative estimate of drug-likeness (QED) is 0.747. The van der Waals surface area contributed by atoms with Crippen molar-refractivity contribution in [3.8, 4) is 0 Å². The van der Waals surface area contributed by atoms with Crippen molar-refractivity contribution in [3.05, 3.63) is 58.3 Å². The van der Waals surface area contributed by atoms with Crippen molar-refractivity contribution in [1.29, 1.82) is 0 Å². The molecule has 0 radical (unpaired) electrons. The van der Waals surface area contributed by atoms with Gasteiger partial charge in [0.05, 0.1) is 0 Å². The number of rotatable bonds is 7. The van der Waals surface area contributed by atoms with Crippen LogP contribution in [-0.2, 0) is 6.54 Å². The van der Waals surface area contributed by atoms with Gasteiger partial charge in [-0.1, -0.05) is 36.4 Å². The molecule has 96 valence electrons. The van der Waals surface area contributed by atoms with Crippen molar-refractivity contribution in [2.75, 3.05) is 13.1 Å². The lowest BCUT2D eigenvalue weighted by Crippen LogP contribution is -2.28. The molecule has 1 aromatic carbocycles. The first kappa shape index (κ1) is 13.3. The third-order valence-electron chi connectivity index (χ3n) is 2.93. The Bertz CT molecular complexity index is 425. The second kappa shape index (κ2) is 7.31. The number of thiophene rings is 1. The molecule has 2 nitrogen and oxygen atoms in total. The predicted molar refractivity (Wildman–Crippen MR) is 78.9 cm³/mol. The lowest BCUT2D eigenvalue weighted by molar-refractivity contribution is 0.547. The molecule has 0 aliphatic carbocycles. The normalized spacial score (nSPS) is 12.5. The summed E-state index contributed by atoms with van der Waals surface area (Å²) in [6, 6.07) is 15.2. The maximum Gasteiger partial charge on any atom is 0.0300 e. The summed E-state index contributed by atoms with van der Waals surface area (Å²) in [4.78, 5) is 1.39. The molecule has 3 heteroatoms. The highest BCUT2D eigenvalue weighted by molar-refractivity contribution is 7.09. The zero-order chi connectivity index (χ0) is 12.6. The molecule has 0 saturated carbocycles. The predicted octanol–water partition coefficient (Wildman–Crippen LogP) is 3.19. The summed E-state index contributed by atoms with van der Waals surface area (Å²) >= 11 is 1.80. The van der Waals surface area contributed by atoms with Crippen molar-refractivity contribution >= 4 is 11.3 Å². The summed E-state index contributed by atoms with van der Waals surface area (Å²) in [5, 5.41) is 9.08. The van der Waals surface area contributed by atoms with E-state index < -0.39 is 0 Å². The van der Waals surface area contributed by atoms with Crippen molar-refractivity contribution in [2.24, 2.45) is 0 Å². The van der Waals surface area contributed by atoms with Crippen LogP contribution < -0.4 is 10.6 Å². The SMILES string of the molecule is CC(NCCNCc1cccs1)c1ccccc1. The van der Waals surface area contributed by atoms with Crippen LogP contribution in [0.4, 0.5) is 0 Å². The van der Waals surface area contributed by atoms with Gasteiger partial charge in [0.15, 0.2) is 0 Å². The highest BCUT2D eigenvalue weighted by atomic mass is 32.1. The Kier molecular flexibility index (Phi) is 5.39. The van der Waals surface area contributed by atoms with Crippen molar-refractivity contribution in [3.63, 3.8) is 0 Å². The fourth-order valence-corrected chi connectivity index (χ4v) is 2.54. The number of benzene rings is 1. The van der Waals surface area contributed by atoms with Gasteiger partial charge in [-0.2, -0.15) is 0 Å². The maximum atomic E-state index is 3.52. The summed E-state index contributed by atoms with van der Waals surface area (Å²) in [6.45, 7) is 5.16. The van der Waals surface area contributed by atoms with Crippen LogP contribution in [0.1, 0.15) is 23.4 Å². The monoisotopic (exact) mass is 260 g/mol. The first-order chi connectivity index (χ1) is 8.86. The fraction of sp³-hybridized carbons (Fsp3) is 0.333. The average Bonchev–Trinajstić information content (AvgIpc) is 2.92. The molecule has 0 fully saturated rings. The summed E-state index contributed by atoms with van der Waals surface area (Å²) < 4.78 is 0. The Labute approximate surface area is 113 Å². The van der Waals surface area contributed by atoms with Crippen LogP contribution >= 0.6 is 11.3 Å². The number of nitrogens with one attached hydrogen (secondary N) is 2. The molecule has 2 aromatic rings. The smallest absolute Gasteiger partial charge is 0.0300 e. The van der Waals surface area contributed by atoms with Gasteiger partial charge >= 0.3 is 0 Å². The molecule has 2 rings (SSSR count). The molecule has 1 unspecified atom stereocenters. The Hall–Kier alpha value is -1.16. The molecule has 0 bridgehead atoms. The number of hydrogen-bond acceptors (Lipinski definition) is 3. The van der Waals surface area contributed by atoms with Crippen LogP contribution in [-0.4, -0.2) is 13.1 Å². The molecule has 0 aliphatic heterocycles. The van der Waals surface area contributed by atoms with Gasteiger partial charge < -0.3 is 10.6 Å². The highest BCUT2D eigenvalue weighted by Gasteiger charge is 2.02. The molecule has 0 amide bonds. The van der Waals surface area contributed by atoms with Crippen molar-refractivity contribution < 1.29 is 0 Å². The minimum absolute atomic E-state index is 0.412. The van der Waals surface area contributed by atoms with Crippen LogP contribution in [0, 0.1) is 0 Å². The minimum atomic E-state index is 0.412. The van der Waals surface area contributed by atoms with E-state index in [2.05, 4.69) is 65.4 Å². The molecular formula is C15H20N2S. The Morgan fingerprint density at radius 3 is 2.61 bits per heavy atom. The zero-order valence-electron chi connectivity index (χ0n) is 10.7. The Morgan fingerprint density at radius 1 is 1.06 bits per heavy atom. The van der Waals surface area contributed by atoms with Gasteiger partial charge in [0, 0.05) is 30.6 Å². The summed E-state index contributed by atoms with van der Waals surface area (Å²) in [5.41, 5.74) is 1.34. The molecular weight excluding hydrogens is 240 g/mol. The first-order valence-electron chi connectivity index (χ1n) is 6.37. The van der Waals surface area contributed by atoms with Crippen LogP contribution in [0.3, 0.4) is 0 Å². The van der Waals surface area contributed by atoms with E-state index in [0.29, 0.717) is 6.04 Å². The van der Waals surface area contributed by atoms with Crippen LogP contribution in [0.25, 0.3) is 0 Å². The van der Waals surface area contributed by atoms with E-state index in [1.807, 2.05) is 0 Å².